The molecular formula is C21H23F3N8O4. The van der Waals surface area contributed by atoms with Crippen LogP contribution in [0.25, 0.3) is 11.7 Å². The van der Waals surface area contributed by atoms with Gasteiger partial charge in [-0.2, -0.15) is 22.8 Å². The Kier molecular flexibility index (Phi) is 5.94. The van der Waals surface area contributed by atoms with E-state index in [-0.39, 0.29) is 33.7 Å². The number of imidazole rings is 1. The van der Waals surface area contributed by atoms with Gasteiger partial charge in [0, 0.05) is 23.4 Å². The van der Waals surface area contributed by atoms with E-state index in [1.807, 2.05) is 4.98 Å². The Morgan fingerprint density at radius 1 is 1.28 bits per heavy atom. The fourth-order valence-corrected chi connectivity index (χ4v) is 4.02. The van der Waals surface area contributed by atoms with Crippen molar-refractivity contribution in [1.82, 2.24) is 24.3 Å². The minimum absolute atomic E-state index is 0.0253. The van der Waals surface area contributed by atoms with E-state index in [0.717, 1.165) is 44.6 Å². The van der Waals surface area contributed by atoms with Crippen molar-refractivity contribution in [2.75, 3.05) is 5.32 Å². The fourth-order valence-electron chi connectivity index (χ4n) is 4.02. The molecule has 0 aliphatic heterocycles. The quantitative estimate of drug-likeness (QED) is 0.366. The molecule has 0 atom stereocenters. The molecule has 0 unspecified atom stereocenters. The van der Waals surface area contributed by atoms with Crippen LogP contribution in [-0.4, -0.2) is 59.7 Å². The van der Waals surface area contributed by atoms with Crippen molar-refractivity contribution in [3.05, 3.63) is 39.1 Å². The molecule has 3 aromatic heterocycles. The third-order valence-electron chi connectivity index (χ3n) is 6.03. The SMILES string of the molecule is NC1CCC(Nc2cc(=NC3CC3)n3ncc(=Cc4c(O)[nH]c(=O)n4OC(=O)C(F)(F)F)c3n2)CC1. The summed E-state index contributed by atoms with van der Waals surface area (Å²) in [7, 11) is 0. The molecule has 5 N–H and O–H groups in total. The molecule has 0 radical (unpaired) electrons. The second kappa shape index (κ2) is 8.96. The van der Waals surface area contributed by atoms with Gasteiger partial charge in [-0.25, -0.2) is 14.6 Å². The zero-order chi connectivity index (χ0) is 25.6. The number of carbonyl (C=O) groups is 1. The van der Waals surface area contributed by atoms with Crippen LogP contribution in [0, 0.1) is 0 Å². The van der Waals surface area contributed by atoms with Gasteiger partial charge in [0.25, 0.3) is 0 Å². The van der Waals surface area contributed by atoms with E-state index >= 15 is 0 Å². The molecule has 3 aromatic rings. The summed E-state index contributed by atoms with van der Waals surface area (Å²) in [5.41, 5.74) is 5.00. The Hall–Kier alpha value is -3.88. The van der Waals surface area contributed by atoms with Gasteiger partial charge in [0.1, 0.15) is 11.5 Å². The third-order valence-corrected chi connectivity index (χ3v) is 6.03. The molecule has 2 aliphatic carbocycles. The molecule has 192 valence electrons. The van der Waals surface area contributed by atoms with Gasteiger partial charge in [-0.1, -0.05) is 0 Å². The van der Waals surface area contributed by atoms with E-state index in [2.05, 4.69) is 25.2 Å². The lowest BCUT2D eigenvalue weighted by molar-refractivity contribution is -0.200. The molecule has 0 aromatic carbocycles. The van der Waals surface area contributed by atoms with Crippen molar-refractivity contribution in [1.29, 1.82) is 0 Å². The summed E-state index contributed by atoms with van der Waals surface area (Å²) in [6.07, 6.45) is 2.53. The number of alkyl halides is 3. The van der Waals surface area contributed by atoms with Crippen molar-refractivity contribution in [3.8, 4) is 5.88 Å². The summed E-state index contributed by atoms with van der Waals surface area (Å²) in [6.45, 7) is 0. The predicted molar refractivity (Wildman–Crippen MR) is 119 cm³/mol. The van der Waals surface area contributed by atoms with Crippen molar-refractivity contribution in [3.63, 3.8) is 0 Å². The van der Waals surface area contributed by atoms with E-state index in [1.54, 1.807) is 6.07 Å². The van der Waals surface area contributed by atoms with E-state index in [0.29, 0.717) is 11.3 Å². The average Bonchev–Trinajstić information content (AvgIpc) is 3.48. The Bertz CT molecular complexity index is 1480. The first-order valence-electron chi connectivity index (χ1n) is 11.4. The summed E-state index contributed by atoms with van der Waals surface area (Å²) >= 11 is 0. The molecule has 3 heterocycles. The van der Waals surface area contributed by atoms with Crippen molar-refractivity contribution >= 4 is 23.5 Å². The van der Waals surface area contributed by atoms with E-state index in [4.69, 9.17) is 5.73 Å². The molecule has 0 bridgehead atoms. The van der Waals surface area contributed by atoms with Crippen LogP contribution in [0.15, 0.2) is 22.1 Å². The Morgan fingerprint density at radius 3 is 2.67 bits per heavy atom. The zero-order valence-corrected chi connectivity index (χ0v) is 18.8. The maximum atomic E-state index is 12.7. The van der Waals surface area contributed by atoms with Gasteiger partial charge in [-0.05, 0) is 44.6 Å². The van der Waals surface area contributed by atoms with Crippen LogP contribution in [0.2, 0.25) is 0 Å². The fraction of sp³-hybridized carbons (Fsp3) is 0.476. The van der Waals surface area contributed by atoms with Gasteiger partial charge in [0.05, 0.1) is 12.2 Å². The number of hydrogen-bond donors (Lipinski definition) is 4. The topological polar surface area (TPSA) is 165 Å². The van der Waals surface area contributed by atoms with Crippen molar-refractivity contribution in [2.24, 2.45) is 10.7 Å². The Morgan fingerprint density at radius 2 is 2.00 bits per heavy atom. The number of rotatable bonds is 5. The predicted octanol–water partition coefficient (Wildman–Crippen LogP) is -0.265. The number of nitrogens with two attached hydrogens (primary N) is 1. The van der Waals surface area contributed by atoms with E-state index < -0.39 is 29.4 Å². The number of anilines is 1. The zero-order valence-electron chi connectivity index (χ0n) is 18.8. The number of aromatic hydroxyl groups is 1. The number of hydrogen-bond acceptors (Lipinski definition) is 9. The first-order chi connectivity index (χ1) is 17.1. The average molecular weight is 508 g/mol. The minimum Gasteiger partial charge on any atom is -0.493 e. The van der Waals surface area contributed by atoms with Gasteiger partial charge in [0.15, 0.2) is 11.1 Å². The first kappa shape index (κ1) is 23.8. The summed E-state index contributed by atoms with van der Waals surface area (Å²) in [6, 6.07) is 2.26. The Labute approximate surface area is 200 Å². The molecule has 12 nitrogen and oxygen atoms in total. The standard InChI is InChI=1S/C21H23F3N8O4/c22-21(23,24)19(34)36-32-14(18(33)30-20(32)35)7-10-9-26-31-16(28-13-5-6-13)8-15(29-17(10)31)27-12-3-1-11(25)2-4-12/h7-9,11-13,27,33H,1-6,25H2,(H,30,35). The maximum absolute atomic E-state index is 12.7. The number of halogens is 3. The molecule has 0 saturated heterocycles. The van der Waals surface area contributed by atoms with E-state index in [1.165, 1.54) is 10.7 Å². The molecule has 2 saturated carbocycles. The number of nitrogens with zero attached hydrogens (tertiary/aromatic N) is 5. The summed E-state index contributed by atoms with van der Waals surface area (Å²) in [4.78, 5) is 38.7. The highest BCUT2D eigenvalue weighted by Crippen LogP contribution is 2.23. The Balaban J connectivity index is 1.59. The highest BCUT2D eigenvalue weighted by molar-refractivity contribution is 5.76. The molecule has 0 spiro atoms. The monoisotopic (exact) mass is 508 g/mol. The van der Waals surface area contributed by atoms with E-state index in [9.17, 15) is 27.9 Å². The molecular weight excluding hydrogens is 485 g/mol. The molecule has 36 heavy (non-hydrogen) atoms. The smallest absolute Gasteiger partial charge is 0.493 e. The van der Waals surface area contributed by atoms with Crippen LogP contribution < -0.4 is 32.3 Å². The number of aromatic nitrogens is 5. The van der Waals surface area contributed by atoms with Crippen LogP contribution >= 0.6 is 0 Å². The van der Waals surface area contributed by atoms with Gasteiger partial charge in [-0.3, -0.25) is 9.98 Å². The lowest BCUT2D eigenvalue weighted by Crippen LogP contribution is -2.38. The highest BCUT2D eigenvalue weighted by atomic mass is 19.4. The van der Waals surface area contributed by atoms with Crippen molar-refractivity contribution < 1.29 is 27.9 Å². The summed E-state index contributed by atoms with van der Waals surface area (Å²) < 4.78 is 39.5. The van der Waals surface area contributed by atoms with Crippen LogP contribution in [0.3, 0.4) is 0 Å². The second-order valence-corrected chi connectivity index (χ2v) is 8.93. The number of carbonyl (C=O) groups excluding carboxylic acids is 1. The third kappa shape index (κ3) is 4.91. The van der Waals surface area contributed by atoms with Crippen molar-refractivity contribution in [2.45, 2.75) is 62.8 Å². The maximum Gasteiger partial charge on any atom is 0.493 e. The largest absolute Gasteiger partial charge is 0.493 e. The van der Waals surface area contributed by atoms with Crippen LogP contribution in [-0.2, 0) is 4.79 Å². The van der Waals surface area contributed by atoms with Gasteiger partial charge in [0.2, 0.25) is 5.88 Å². The minimum atomic E-state index is -5.35. The molecule has 2 aliphatic rings. The second-order valence-electron chi connectivity index (χ2n) is 8.93. The summed E-state index contributed by atoms with van der Waals surface area (Å²) in [5, 5.41) is 18.0. The highest BCUT2D eigenvalue weighted by Gasteiger charge is 2.42. The van der Waals surface area contributed by atoms with Crippen LogP contribution in [0.4, 0.5) is 19.0 Å². The van der Waals surface area contributed by atoms with Crippen LogP contribution in [0.5, 0.6) is 5.88 Å². The molecule has 0 amide bonds. The molecule has 15 heteroatoms. The first-order valence-corrected chi connectivity index (χ1v) is 11.4. The van der Waals surface area contributed by atoms with Gasteiger partial charge >= 0.3 is 17.8 Å². The normalized spacial score (nSPS) is 21.8. The number of nitrogens with one attached hydrogen (secondary N) is 2. The lowest BCUT2D eigenvalue weighted by Gasteiger charge is -2.27. The summed E-state index contributed by atoms with van der Waals surface area (Å²) in [5.74, 6) is -2.90. The number of fused-ring (bicyclic) bond motifs is 1. The molecule has 5 rings (SSSR count). The number of aromatic amines is 1. The van der Waals surface area contributed by atoms with Gasteiger partial charge < -0.3 is 21.0 Å². The lowest BCUT2D eigenvalue weighted by atomic mass is 9.92. The number of H-pyrrole nitrogens is 1. The van der Waals surface area contributed by atoms with Gasteiger partial charge in [-0.15, -0.1) is 4.73 Å². The molecule has 2 fully saturated rings. The van der Waals surface area contributed by atoms with Crippen LogP contribution in [0.1, 0.15) is 44.2 Å².